The van der Waals surface area contributed by atoms with Gasteiger partial charge in [-0.05, 0) is 54.8 Å². The summed E-state index contributed by atoms with van der Waals surface area (Å²) in [5.74, 6) is -0.0194. The Morgan fingerprint density at radius 3 is 2.61 bits per heavy atom. The first kappa shape index (κ1) is 23.2. The van der Waals surface area contributed by atoms with Crippen LogP contribution in [0.5, 0.6) is 17.2 Å². The number of aryl methyl sites for hydroxylation is 1. The molecule has 0 bridgehead atoms. The Bertz CT molecular complexity index is 1050. The molecule has 0 unspecified atom stereocenters. The Morgan fingerprint density at radius 1 is 1.16 bits per heavy atom. The summed E-state index contributed by atoms with van der Waals surface area (Å²) in [6.45, 7) is 7.37. The van der Waals surface area contributed by atoms with Crippen molar-refractivity contribution in [3.63, 3.8) is 0 Å². The van der Waals surface area contributed by atoms with Crippen LogP contribution in [0, 0.1) is 25.2 Å². The number of esters is 1. The molecule has 2 rings (SSSR count). The molecule has 0 aliphatic carbocycles. The maximum atomic E-state index is 12.2. The number of nitriles is 1. The second kappa shape index (κ2) is 11.2. The first-order chi connectivity index (χ1) is 14.9. The van der Waals surface area contributed by atoms with E-state index in [4.69, 9.17) is 14.2 Å². The summed E-state index contributed by atoms with van der Waals surface area (Å²) in [6.07, 6.45) is 2.93. The van der Waals surface area contributed by atoms with Crippen molar-refractivity contribution in [1.29, 1.82) is 5.26 Å². The molecule has 0 fully saturated rings. The summed E-state index contributed by atoms with van der Waals surface area (Å²) in [5, 5.41) is 11.8. The van der Waals surface area contributed by atoms with Gasteiger partial charge in [-0.1, -0.05) is 24.3 Å². The molecule has 0 aromatic heterocycles. The largest absolute Gasteiger partial charge is 0.493 e. The van der Waals surface area contributed by atoms with Gasteiger partial charge >= 0.3 is 5.97 Å². The standard InChI is InChI=1S/C24H24N2O5/c1-5-11-26-24(28)19(14-25)12-18-9-10-21(22(13-18)29-4)31-23(27)15-30-20-8-6-7-16(2)17(20)3/h5-10,12-13H,1,11,15H2,2-4H3,(H,26,28). The van der Waals surface area contributed by atoms with Gasteiger partial charge in [-0.3, -0.25) is 4.79 Å². The van der Waals surface area contributed by atoms with E-state index < -0.39 is 11.9 Å². The zero-order valence-corrected chi connectivity index (χ0v) is 17.7. The van der Waals surface area contributed by atoms with E-state index in [1.165, 1.54) is 25.3 Å². The molecule has 1 N–H and O–H groups in total. The van der Waals surface area contributed by atoms with E-state index in [0.29, 0.717) is 11.3 Å². The second-order valence-corrected chi connectivity index (χ2v) is 6.54. The van der Waals surface area contributed by atoms with Crippen LogP contribution in [0.1, 0.15) is 16.7 Å². The molecule has 7 nitrogen and oxygen atoms in total. The van der Waals surface area contributed by atoms with Gasteiger partial charge in [0, 0.05) is 6.54 Å². The van der Waals surface area contributed by atoms with Gasteiger partial charge in [0.15, 0.2) is 18.1 Å². The summed E-state index contributed by atoms with van der Waals surface area (Å²) >= 11 is 0. The highest BCUT2D eigenvalue weighted by Gasteiger charge is 2.14. The monoisotopic (exact) mass is 420 g/mol. The van der Waals surface area contributed by atoms with Crippen LogP contribution in [0.15, 0.2) is 54.6 Å². The number of hydrogen-bond donors (Lipinski definition) is 1. The number of carbonyl (C=O) groups excluding carboxylic acids is 2. The Kier molecular flexibility index (Phi) is 8.41. The Labute approximate surface area is 181 Å². The summed E-state index contributed by atoms with van der Waals surface area (Å²) < 4.78 is 16.2. The molecule has 0 heterocycles. The van der Waals surface area contributed by atoms with Crippen LogP contribution in [0.25, 0.3) is 6.08 Å². The lowest BCUT2D eigenvalue weighted by molar-refractivity contribution is -0.136. The van der Waals surface area contributed by atoms with E-state index >= 15 is 0 Å². The van der Waals surface area contributed by atoms with Crippen LogP contribution in [-0.4, -0.2) is 32.1 Å². The highest BCUT2D eigenvalue weighted by atomic mass is 16.6. The van der Waals surface area contributed by atoms with Gasteiger partial charge in [-0.2, -0.15) is 5.26 Å². The van der Waals surface area contributed by atoms with Gasteiger partial charge in [0.05, 0.1) is 7.11 Å². The molecule has 0 spiro atoms. The van der Waals surface area contributed by atoms with Crippen molar-refractivity contribution in [2.45, 2.75) is 13.8 Å². The first-order valence-corrected chi connectivity index (χ1v) is 9.48. The van der Waals surface area contributed by atoms with Gasteiger partial charge in [-0.15, -0.1) is 6.58 Å². The summed E-state index contributed by atoms with van der Waals surface area (Å²) in [5.41, 5.74) is 2.48. The molecule has 0 aliphatic heterocycles. The third-order valence-corrected chi connectivity index (χ3v) is 4.39. The smallest absolute Gasteiger partial charge is 0.349 e. The lowest BCUT2D eigenvalue weighted by Gasteiger charge is -2.12. The number of nitrogens with zero attached hydrogens (tertiary/aromatic N) is 1. The fraction of sp³-hybridized carbons (Fsp3) is 0.208. The van der Waals surface area contributed by atoms with Gasteiger partial charge < -0.3 is 19.5 Å². The Hall–Kier alpha value is -4.05. The molecule has 0 saturated heterocycles. The van der Waals surface area contributed by atoms with Crippen LogP contribution in [-0.2, 0) is 9.59 Å². The van der Waals surface area contributed by atoms with Gasteiger partial charge in [0.25, 0.3) is 5.91 Å². The van der Waals surface area contributed by atoms with Crippen molar-refractivity contribution in [3.05, 3.63) is 71.3 Å². The van der Waals surface area contributed by atoms with Crippen LogP contribution < -0.4 is 19.5 Å². The molecule has 160 valence electrons. The van der Waals surface area contributed by atoms with Gasteiger partial charge in [0.1, 0.15) is 17.4 Å². The first-order valence-electron chi connectivity index (χ1n) is 9.48. The van der Waals surface area contributed by atoms with E-state index in [0.717, 1.165) is 11.1 Å². The lowest BCUT2D eigenvalue weighted by Crippen LogP contribution is -2.24. The molecular formula is C24H24N2O5. The molecule has 0 atom stereocenters. The Balaban J connectivity index is 2.10. The molecule has 7 heteroatoms. The molecule has 2 aromatic carbocycles. The number of ether oxygens (including phenoxy) is 3. The average Bonchev–Trinajstić information content (AvgIpc) is 2.77. The normalized spacial score (nSPS) is 10.6. The minimum atomic E-state index is -0.594. The number of nitrogens with one attached hydrogen (secondary N) is 1. The quantitative estimate of drug-likeness (QED) is 0.219. The van der Waals surface area contributed by atoms with Crippen LogP contribution in [0.4, 0.5) is 0 Å². The number of hydrogen-bond acceptors (Lipinski definition) is 6. The fourth-order valence-corrected chi connectivity index (χ4v) is 2.60. The van der Waals surface area contributed by atoms with E-state index in [1.807, 2.05) is 32.0 Å². The van der Waals surface area contributed by atoms with E-state index in [2.05, 4.69) is 11.9 Å². The maximum absolute atomic E-state index is 12.2. The van der Waals surface area contributed by atoms with Crippen molar-refractivity contribution in [3.8, 4) is 23.3 Å². The molecular weight excluding hydrogens is 396 g/mol. The van der Waals surface area contributed by atoms with E-state index in [9.17, 15) is 14.9 Å². The number of carbonyl (C=O) groups is 2. The SMILES string of the molecule is C=CCNC(=O)C(C#N)=Cc1ccc(OC(=O)COc2cccc(C)c2C)c(OC)c1. The third kappa shape index (κ3) is 6.47. The molecule has 31 heavy (non-hydrogen) atoms. The average molecular weight is 420 g/mol. The van der Waals surface area contributed by atoms with Crippen molar-refractivity contribution in [2.24, 2.45) is 0 Å². The minimum Gasteiger partial charge on any atom is -0.493 e. The fourth-order valence-electron chi connectivity index (χ4n) is 2.60. The number of benzene rings is 2. The van der Waals surface area contributed by atoms with Crippen LogP contribution >= 0.6 is 0 Å². The predicted octanol–water partition coefficient (Wildman–Crippen LogP) is 3.51. The topological polar surface area (TPSA) is 97.7 Å². The number of amides is 1. The van der Waals surface area contributed by atoms with E-state index in [1.54, 1.807) is 18.2 Å². The molecule has 0 aliphatic rings. The second-order valence-electron chi connectivity index (χ2n) is 6.54. The van der Waals surface area contributed by atoms with Crippen LogP contribution in [0.3, 0.4) is 0 Å². The summed E-state index contributed by atoms with van der Waals surface area (Å²) in [6, 6.07) is 12.1. The lowest BCUT2D eigenvalue weighted by atomic mass is 10.1. The number of rotatable bonds is 9. The van der Waals surface area contributed by atoms with Crippen LogP contribution in [0.2, 0.25) is 0 Å². The number of methoxy groups -OCH3 is 1. The maximum Gasteiger partial charge on any atom is 0.349 e. The van der Waals surface area contributed by atoms with E-state index in [-0.39, 0.29) is 30.2 Å². The predicted molar refractivity (Wildman–Crippen MR) is 117 cm³/mol. The van der Waals surface area contributed by atoms with Crippen molar-refractivity contribution < 1.29 is 23.8 Å². The third-order valence-electron chi connectivity index (χ3n) is 4.39. The minimum absolute atomic E-state index is 0.0735. The van der Waals surface area contributed by atoms with Gasteiger partial charge in [0.2, 0.25) is 0 Å². The molecule has 0 saturated carbocycles. The van der Waals surface area contributed by atoms with Crippen molar-refractivity contribution in [1.82, 2.24) is 5.32 Å². The molecule has 0 radical (unpaired) electrons. The zero-order chi connectivity index (χ0) is 22.8. The Morgan fingerprint density at radius 2 is 1.94 bits per heavy atom. The summed E-state index contributed by atoms with van der Waals surface area (Å²) in [4.78, 5) is 24.2. The van der Waals surface area contributed by atoms with Gasteiger partial charge in [-0.25, -0.2) is 4.79 Å². The highest BCUT2D eigenvalue weighted by Crippen LogP contribution is 2.29. The zero-order valence-electron chi connectivity index (χ0n) is 17.7. The van der Waals surface area contributed by atoms with Crippen molar-refractivity contribution >= 4 is 18.0 Å². The molecule has 2 aromatic rings. The summed E-state index contributed by atoms with van der Waals surface area (Å²) in [7, 11) is 1.43. The van der Waals surface area contributed by atoms with Crippen molar-refractivity contribution in [2.75, 3.05) is 20.3 Å². The molecule has 1 amide bonds. The highest BCUT2D eigenvalue weighted by molar-refractivity contribution is 6.01.